The van der Waals surface area contributed by atoms with E-state index in [2.05, 4.69) is 39.0 Å². The van der Waals surface area contributed by atoms with Crippen LogP contribution in [0.2, 0.25) is 10.0 Å². The van der Waals surface area contributed by atoms with Gasteiger partial charge >= 0.3 is 6.18 Å². The van der Waals surface area contributed by atoms with E-state index in [9.17, 15) is 18.0 Å². The highest BCUT2D eigenvalue weighted by Crippen LogP contribution is 2.50. The Morgan fingerprint density at radius 3 is 2.44 bits per heavy atom. The second kappa shape index (κ2) is 8.74. The Balaban J connectivity index is 1.59. The van der Waals surface area contributed by atoms with Gasteiger partial charge in [0, 0.05) is 38.0 Å². The largest absolute Gasteiger partial charge is 0.435 e. The molecule has 0 saturated heterocycles. The van der Waals surface area contributed by atoms with Crippen molar-refractivity contribution in [2.45, 2.75) is 36.4 Å². The second-order valence-electron chi connectivity index (χ2n) is 7.71. The number of carbonyl (C=O) groups is 1. The molecule has 170 valence electrons. The van der Waals surface area contributed by atoms with Gasteiger partial charge in [0.25, 0.3) is 5.60 Å². The SMILES string of the molecule is O=C(NC(S)c1ccc(C2=NOC(c3cc(Cl)cc(Cl)c3)(C(F)(F)F)C2)cc1Br)C1CC1. The Labute approximate surface area is 206 Å². The van der Waals surface area contributed by atoms with E-state index in [1.54, 1.807) is 18.2 Å². The molecule has 0 radical (unpaired) electrons. The minimum atomic E-state index is -4.77. The van der Waals surface area contributed by atoms with Crippen LogP contribution in [0.5, 0.6) is 0 Å². The number of oxime groups is 1. The number of thiol groups is 1. The number of alkyl halides is 3. The summed E-state index contributed by atoms with van der Waals surface area (Å²) in [5.41, 5.74) is -1.70. The molecule has 2 aromatic rings. The maximum atomic E-state index is 14.2. The number of amides is 1. The van der Waals surface area contributed by atoms with Crippen molar-refractivity contribution in [3.8, 4) is 0 Å². The van der Waals surface area contributed by atoms with Crippen LogP contribution in [0.25, 0.3) is 0 Å². The van der Waals surface area contributed by atoms with Gasteiger partial charge in [-0.25, -0.2) is 0 Å². The molecule has 1 saturated carbocycles. The van der Waals surface area contributed by atoms with Gasteiger partial charge in [-0.15, -0.1) is 12.6 Å². The summed E-state index contributed by atoms with van der Waals surface area (Å²) in [6.45, 7) is 0. The molecule has 0 bridgehead atoms. The van der Waals surface area contributed by atoms with Crippen LogP contribution in [0.4, 0.5) is 13.2 Å². The average molecular weight is 568 g/mol. The van der Waals surface area contributed by atoms with Crippen LogP contribution in [0.3, 0.4) is 0 Å². The van der Waals surface area contributed by atoms with E-state index in [-0.39, 0.29) is 33.1 Å². The first-order valence-electron chi connectivity index (χ1n) is 9.57. The molecule has 2 atom stereocenters. The zero-order chi connectivity index (χ0) is 23.3. The van der Waals surface area contributed by atoms with Crippen molar-refractivity contribution >= 4 is 63.4 Å². The van der Waals surface area contributed by atoms with Gasteiger partial charge in [0.1, 0.15) is 0 Å². The Morgan fingerprint density at radius 2 is 1.88 bits per heavy atom. The lowest BCUT2D eigenvalue weighted by Crippen LogP contribution is -2.42. The van der Waals surface area contributed by atoms with Gasteiger partial charge in [-0.05, 0) is 42.7 Å². The van der Waals surface area contributed by atoms with Gasteiger partial charge in [0.15, 0.2) is 0 Å². The molecule has 32 heavy (non-hydrogen) atoms. The highest BCUT2D eigenvalue weighted by molar-refractivity contribution is 9.10. The monoisotopic (exact) mass is 566 g/mol. The van der Waals surface area contributed by atoms with Crippen molar-refractivity contribution in [2.75, 3.05) is 0 Å². The molecule has 1 aliphatic carbocycles. The highest BCUT2D eigenvalue weighted by Gasteiger charge is 2.62. The molecule has 2 aromatic carbocycles. The van der Waals surface area contributed by atoms with Crippen LogP contribution in [0.15, 0.2) is 46.0 Å². The molecule has 4 nitrogen and oxygen atoms in total. The molecular formula is C21H16BrCl2F3N2O2S. The molecule has 1 N–H and O–H groups in total. The van der Waals surface area contributed by atoms with Crippen molar-refractivity contribution in [3.05, 3.63) is 67.6 Å². The number of nitrogens with zero attached hydrogens (tertiary/aromatic N) is 1. The first kappa shape index (κ1) is 23.7. The maximum Gasteiger partial charge on any atom is 0.435 e. The van der Waals surface area contributed by atoms with Crippen molar-refractivity contribution in [2.24, 2.45) is 11.1 Å². The van der Waals surface area contributed by atoms with Crippen LogP contribution in [-0.2, 0) is 15.2 Å². The fraction of sp³-hybridized carbons (Fsp3) is 0.333. The third-order valence-electron chi connectivity index (χ3n) is 5.37. The number of hydrogen-bond acceptors (Lipinski definition) is 4. The number of halogens is 6. The van der Waals surface area contributed by atoms with E-state index in [0.29, 0.717) is 15.6 Å². The first-order chi connectivity index (χ1) is 15.0. The van der Waals surface area contributed by atoms with E-state index in [0.717, 1.165) is 12.8 Å². The summed E-state index contributed by atoms with van der Waals surface area (Å²) in [6.07, 6.45) is -3.59. The molecular weight excluding hydrogens is 552 g/mol. The molecule has 2 unspecified atom stereocenters. The number of rotatable bonds is 5. The van der Waals surface area contributed by atoms with Crippen LogP contribution < -0.4 is 5.32 Å². The average Bonchev–Trinajstić information content (AvgIpc) is 3.44. The van der Waals surface area contributed by atoms with E-state index in [1.165, 1.54) is 18.2 Å². The molecule has 1 fully saturated rings. The van der Waals surface area contributed by atoms with Crippen LogP contribution >= 0.6 is 51.8 Å². The molecule has 0 aromatic heterocycles. The highest BCUT2D eigenvalue weighted by atomic mass is 79.9. The molecule has 4 rings (SSSR count). The van der Waals surface area contributed by atoms with E-state index < -0.39 is 23.6 Å². The van der Waals surface area contributed by atoms with Gasteiger partial charge in [-0.2, -0.15) is 13.2 Å². The number of benzene rings is 2. The van der Waals surface area contributed by atoms with Crippen molar-refractivity contribution in [1.82, 2.24) is 5.32 Å². The molecule has 1 heterocycles. The second-order valence-corrected chi connectivity index (χ2v) is 9.95. The summed E-state index contributed by atoms with van der Waals surface area (Å²) < 4.78 is 43.0. The van der Waals surface area contributed by atoms with E-state index >= 15 is 0 Å². The van der Waals surface area contributed by atoms with Crippen LogP contribution in [0, 0.1) is 5.92 Å². The predicted octanol–water partition coefficient (Wildman–Crippen LogP) is 6.79. The van der Waals surface area contributed by atoms with Gasteiger partial charge in [0.05, 0.1) is 11.1 Å². The quantitative estimate of drug-likeness (QED) is 0.308. The lowest BCUT2D eigenvalue weighted by Gasteiger charge is -2.29. The third kappa shape index (κ3) is 4.62. The van der Waals surface area contributed by atoms with Gasteiger partial charge in [-0.3, -0.25) is 4.79 Å². The van der Waals surface area contributed by atoms with Crippen molar-refractivity contribution < 1.29 is 22.8 Å². The fourth-order valence-corrected chi connectivity index (χ4v) is 5.11. The van der Waals surface area contributed by atoms with Gasteiger partial charge in [-0.1, -0.05) is 56.4 Å². The zero-order valence-electron chi connectivity index (χ0n) is 16.2. The van der Waals surface area contributed by atoms with Crippen LogP contribution in [-0.4, -0.2) is 17.8 Å². The Bertz CT molecular complexity index is 1090. The molecule has 11 heteroatoms. The topological polar surface area (TPSA) is 50.7 Å². The summed E-state index contributed by atoms with van der Waals surface area (Å²) in [5.74, 6) is -0.0344. The van der Waals surface area contributed by atoms with Gasteiger partial charge in [0.2, 0.25) is 5.91 Å². The van der Waals surface area contributed by atoms with E-state index in [4.69, 9.17) is 28.0 Å². The molecule has 0 spiro atoms. The standard InChI is InChI=1S/C21H16BrCl2F3N2O2S/c22-16-5-11(3-4-15(16)19(32)28-18(30)10-1-2-10)17-9-20(31-29-17,21(25,26)27)12-6-13(23)8-14(24)7-12/h3-8,10,19,32H,1-2,9H2,(H,28,30). The predicted molar refractivity (Wildman–Crippen MR) is 123 cm³/mol. The summed E-state index contributed by atoms with van der Waals surface area (Å²) in [4.78, 5) is 17.0. The number of hydrogen-bond donors (Lipinski definition) is 2. The Kier molecular flexibility index (Phi) is 6.48. The summed E-state index contributed by atoms with van der Waals surface area (Å²) in [7, 11) is 0. The van der Waals surface area contributed by atoms with Crippen molar-refractivity contribution in [1.29, 1.82) is 0 Å². The third-order valence-corrected chi connectivity index (χ3v) is 6.90. The minimum absolute atomic E-state index is 0.0307. The zero-order valence-corrected chi connectivity index (χ0v) is 20.2. The Hall–Kier alpha value is -1.42. The lowest BCUT2D eigenvalue weighted by molar-refractivity contribution is -0.275. The molecule has 2 aliphatic rings. The minimum Gasteiger partial charge on any atom is -0.374 e. The normalized spacial score (nSPS) is 21.7. The Morgan fingerprint density at radius 1 is 1.22 bits per heavy atom. The smallest absolute Gasteiger partial charge is 0.374 e. The maximum absolute atomic E-state index is 14.2. The van der Waals surface area contributed by atoms with E-state index in [1.807, 2.05) is 0 Å². The molecule has 1 amide bonds. The summed E-state index contributed by atoms with van der Waals surface area (Å²) in [5, 5.41) is 6.15. The number of nitrogens with one attached hydrogen (secondary N) is 1. The lowest BCUT2D eigenvalue weighted by atomic mass is 9.86. The first-order valence-corrected chi connectivity index (χ1v) is 11.6. The summed E-state index contributed by atoms with van der Waals surface area (Å²) in [6, 6.07) is 8.61. The number of carbonyl (C=O) groups excluding carboxylic acids is 1. The fourth-order valence-electron chi connectivity index (χ4n) is 3.45. The van der Waals surface area contributed by atoms with Crippen molar-refractivity contribution in [3.63, 3.8) is 0 Å². The van der Waals surface area contributed by atoms with Gasteiger partial charge < -0.3 is 10.2 Å². The van der Waals surface area contributed by atoms with Crippen LogP contribution in [0.1, 0.15) is 41.3 Å². The molecule has 1 aliphatic heterocycles. The summed E-state index contributed by atoms with van der Waals surface area (Å²) >= 11 is 19.7.